The van der Waals surface area contributed by atoms with E-state index in [4.69, 9.17) is 9.52 Å². The number of piperidine rings is 1. The van der Waals surface area contributed by atoms with Crippen LogP contribution in [0.25, 0.3) is 0 Å². The van der Waals surface area contributed by atoms with E-state index in [-0.39, 0.29) is 18.4 Å². The fourth-order valence-corrected chi connectivity index (χ4v) is 2.91. The Hall–Kier alpha value is -1.29. The van der Waals surface area contributed by atoms with Crippen LogP contribution in [0.1, 0.15) is 44.4 Å². The van der Waals surface area contributed by atoms with E-state index >= 15 is 0 Å². The Morgan fingerprint density at radius 2 is 2.50 bits per heavy atom. The zero-order valence-corrected chi connectivity index (χ0v) is 10.8. The van der Waals surface area contributed by atoms with Crippen molar-refractivity contribution in [3.63, 3.8) is 0 Å². The van der Waals surface area contributed by atoms with Gasteiger partial charge in [0.2, 0.25) is 0 Å². The number of hydrogen-bond donors (Lipinski definition) is 1. The van der Waals surface area contributed by atoms with Gasteiger partial charge in [0.1, 0.15) is 5.76 Å². The number of aliphatic carboxylic acids is 1. The highest BCUT2D eigenvalue weighted by atomic mass is 16.4. The lowest BCUT2D eigenvalue weighted by molar-refractivity contribution is -0.138. The van der Waals surface area contributed by atoms with E-state index in [0.29, 0.717) is 0 Å². The zero-order valence-electron chi connectivity index (χ0n) is 10.8. The molecule has 1 saturated heterocycles. The number of carboxylic acids is 1. The summed E-state index contributed by atoms with van der Waals surface area (Å²) >= 11 is 0. The van der Waals surface area contributed by atoms with Gasteiger partial charge < -0.3 is 9.52 Å². The molecule has 1 aliphatic rings. The number of furan rings is 1. The molecule has 4 heteroatoms. The molecule has 1 aromatic heterocycles. The Kier molecular flexibility index (Phi) is 4.42. The molecule has 2 rings (SSSR count). The first-order valence-electron chi connectivity index (χ1n) is 6.70. The quantitative estimate of drug-likeness (QED) is 0.874. The van der Waals surface area contributed by atoms with E-state index in [1.807, 2.05) is 12.1 Å². The zero-order chi connectivity index (χ0) is 13.0. The van der Waals surface area contributed by atoms with Crippen molar-refractivity contribution in [2.24, 2.45) is 5.92 Å². The van der Waals surface area contributed by atoms with Crippen molar-refractivity contribution in [3.05, 3.63) is 24.2 Å². The van der Waals surface area contributed by atoms with Gasteiger partial charge in [0.15, 0.2) is 0 Å². The SMILES string of the molecule is CCC(c1ccco1)N1CCCC(CC(=O)O)C1. The lowest BCUT2D eigenvalue weighted by atomic mass is 9.93. The molecule has 2 atom stereocenters. The number of carbonyl (C=O) groups is 1. The van der Waals surface area contributed by atoms with Crippen LogP contribution in [-0.4, -0.2) is 29.1 Å². The van der Waals surface area contributed by atoms with Crippen molar-refractivity contribution in [1.82, 2.24) is 4.90 Å². The molecule has 2 heterocycles. The first kappa shape index (κ1) is 13.1. The van der Waals surface area contributed by atoms with Crippen LogP contribution in [0.4, 0.5) is 0 Å². The third-order valence-electron chi connectivity index (χ3n) is 3.71. The molecule has 0 amide bonds. The Labute approximate surface area is 108 Å². The smallest absolute Gasteiger partial charge is 0.303 e. The van der Waals surface area contributed by atoms with Crippen LogP contribution in [0.2, 0.25) is 0 Å². The Bertz CT molecular complexity index is 374. The van der Waals surface area contributed by atoms with Crippen molar-refractivity contribution in [3.8, 4) is 0 Å². The summed E-state index contributed by atoms with van der Waals surface area (Å²) in [5, 5.41) is 8.89. The Balaban J connectivity index is 2.00. The molecule has 0 saturated carbocycles. The summed E-state index contributed by atoms with van der Waals surface area (Å²) in [5.41, 5.74) is 0. The first-order valence-corrected chi connectivity index (χ1v) is 6.70. The monoisotopic (exact) mass is 251 g/mol. The number of hydrogen-bond acceptors (Lipinski definition) is 3. The molecule has 100 valence electrons. The molecule has 0 radical (unpaired) electrons. The minimum absolute atomic E-state index is 0.278. The maximum Gasteiger partial charge on any atom is 0.303 e. The van der Waals surface area contributed by atoms with Crippen LogP contribution in [0, 0.1) is 5.92 Å². The average Bonchev–Trinajstić information content (AvgIpc) is 2.83. The molecule has 0 spiro atoms. The highest BCUT2D eigenvalue weighted by Gasteiger charge is 2.28. The molecule has 2 unspecified atom stereocenters. The van der Waals surface area contributed by atoms with Crippen LogP contribution >= 0.6 is 0 Å². The molecule has 0 aliphatic carbocycles. The van der Waals surface area contributed by atoms with Crippen molar-refractivity contribution in [2.75, 3.05) is 13.1 Å². The molecule has 1 fully saturated rings. The second-order valence-electron chi connectivity index (χ2n) is 5.04. The Morgan fingerprint density at radius 3 is 3.11 bits per heavy atom. The lowest BCUT2D eigenvalue weighted by Crippen LogP contribution is -2.38. The van der Waals surface area contributed by atoms with Gasteiger partial charge in [0, 0.05) is 13.0 Å². The molecule has 1 aliphatic heterocycles. The third kappa shape index (κ3) is 3.13. The fraction of sp³-hybridized carbons (Fsp3) is 0.643. The van der Waals surface area contributed by atoms with Gasteiger partial charge in [-0.1, -0.05) is 6.92 Å². The van der Waals surface area contributed by atoms with Crippen LogP contribution in [0.3, 0.4) is 0 Å². The van der Waals surface area contributed by atoms with Gasteiger partial charge >= 0.3 is 5.97 Å². The average molecular weight is 251 g/mol. The summed E-state index contributed by atoms with van der Waals surface area (Å²) < 4.78 is 5.50. The molecule has 1 N–H and O–H groups in total. The highest BCUT2D eigenvalue weighted by molar-refractivity contribution is 5.67. The minimum atomic E-state index is -0.687. The Morgan fingerprint density at radius 1 is 1.67 bits per heavy atom. The van der Waals surface area contributed by atoms with Gasteiger partial charge in [-0.05, 0) is 43.9 Å². The summed E-state index contributed by atoms with van der Waals surface area (Å²) in [6.07, 6.45) is 5.08. The second kappa shape index (κ2) is 6.05. The van der Waals surface area contributed by atoms with Gasteiger partial charge in [0.25, 0.3) is 0 Å². The fourth-order valence-electron chi connectivity index (χ4n) is 2.91. The molecule has 18 heavy (non-hydrogen) atoms. The summed E-state index contributed by atoms with van der Waals surface area (Å²) in [6.45, 7) is 4.05. The minimum Gasteiger partial charge on any atom is -0.481 e. The van der Waals surface area contributed by atoms with E-state index in [9.17, 15) is 4.79 Å². The molecule has 1 aromatic rings. The molecule has 4 nitrogen and oxygen atoms in total. The van der Waals surface area contributed by atoms with E-state index in [0.717, 1.165) is 38.1 Å². The van der Waals surface area contributed by atoms with Gasteiger partial charge in [0.05, 0.1) is 12.3 Å². The number of carboxylic acid groups (broad SMARTS) is 1. The number of rotatable bonds is 5. The van der Waals surface area contributed by atoms with E-state index in [1.54, 1.807) is 6.26 Å². The maximum absolute atomic E-state index is 10.8. The molecule has 0 aromatic carbocycles. The van der Waals surface area contributed by atoms with Crippen LogP contribution in [-0.2, 0) is 4.79 Å². The molecule has 0 bridgehead atoms. The largest absolute Gasteiger partial charge is 0.481 e. The van der Waals surface area contributed by atoms with Crippen LogP contribution < -0.4 is 0 Å². The standard InChI is InChI=1S/C14H21NO3/c1-2-12(13-6-4-8-18-13)15-7-3-5-11(10-15)9-14(16)17/h4,6,8,11-12H,2-3,5,7,9-10H2,1H3,(H,16,17). The predicted molar refractivity (Wildman–Crippen MR) is 68.3 cm³/mol. The van der Waals surface area contributed by atoms with Crippen LogP contribution in [0.15, 0.2) is 22.8 Å². The van der Waals surface area contributed by atoms with Crippen molar-refractivity contribution in [2.45, 2.75) is 38.6 Å². The first-order chi connectivity index (χ1) is 8.70. The van der Waals surface area contributed by atoms with Gasteiger partial charge in [-0.15, -0.1) is 0 Å². The molecular weight excluding hydrogens is 230 g/mol. The van der Waals surface area contributed by atoms with E-state index in [2.05, 4.69) is 11.8 Å². The van der Waals surface area contributed by atoms with E-state index in [1.165, 1.54) is 0 Å². The highest BCUT2D eigenvalue weighted by Crippen LogP contribution is 2.30. The van der Waals surface area contributed by atoms with Crippen molar-refractivity contribution >= 4 is 5.97 Å². The lowest BCUT2D eigenvalue weighted by Gasteiger charge is -2.36. The molecular formula is C14H21NO3. The van der Waals surface area contributed by atoms with Gasteiger partial charge in [-0.2, -0.15) is 0 Å². The van der Waals surface area contributed by atoms with Gasteiger partial charge in [-0.3, -0.25) is 9.69 Å². The van der Waals surface area contributed by atoms with Crippen molar-refractivity contribution < 1.29 is 14.3 Å². The normalized spacial score (nSPS) is 22.8. The second-order valence-corrected chi connectivity index (χ2v) is 5.04. The topological polar surface area (TPSA) is 53.7 Å². The summed E-state index contributed by atoms with van der Waals surface area (Å²) in [7, 11) is 0. The van der Waals surface area contributed by atoms with Crippen molar-refractivity contribution in [1.29, 1.82) is 0 Å². The summed E-state index contributed by atoms with van der Waals surface area (Å²) in [6, 6.07) is 4.21. The number of nitrogens with zero attached hydrogens (tertiary/aromatic N) is 1. The van der Waals surface area contributed by atoms with E-state index < -0.39 is 5.97 Å². The summed E-state index contributed by atoms with van der Waals surface area (Å²) in [4.78, 5) is 13.2. The maximum atomic E-state index is 10.8. The number of likely N-dealkylation sites (tertiary alicyclic amines) is 1. The summed E-state index contributed by atoms with van der Waals surface area (Å²) in [5.74, 6) is 0.585. The predicted octanol–water partition coefficient (Wildman–Crippen LogP) is 2.92. The van der Waals surface area contributed by atoms with Crippen LogP contribution in [0.5, 0.6) is 0 Å². The van der Waals surface area contributed by atoms with Gasteiger partial charge in [-0.25, -0.2) is 0 Å². The third-order valence-corrected chi connectivity index (χ3v) is 3.71.